The largest absolute Gasteiger partial charge is 0.309 e. The van der Waals surface area contributed by atoms with Gasteiger partial charge in [-0.05, 0) is 218 Å². The van der Waals surface area contributed by atoms with E-state index in [1.807, 2.05) is 36.4 Å². The molecule has 0 radical (unpaired) electrons. The summed E-state index contributed by atoms with van der Waals surface area (Å²) in [6, 6.07) is 190. The van der Waals surface area contributed by atoms with Crippen LogP contribution in [0.1, 0.15) is 66.8 Å². The lowest BCUT2D eigenvalue weighted by atomic mass is 9.63. The van der Waals surface area contributed by atoms with E-state index in [4.69, 9.17) is 0 Å². The molecule has 0 bridgehead atoms. The van der Waals surface area contributed by atoms with Crippen molar-refractivity contribution in [3.05, 3.63) is 595 Å². The second kappa shape index (κ2) is 31.8. The van der Waals surface area contributed by atoms with Crippen LogP contribution in [0.4, 0.5) is 0 Å². The van der Waals surface area contributed by atoms with Gasteiger partial charge in [-0.3, -0.25) is 0 Å². The first-order valence-electron chi connectivity index (χ1n) is 48.6. The molecule has 0 atom stereocenters. The second-order valence-electron chi connectivity index (χ2n) is 38.3. The zero-order valence-electron chi connectivity index (χ0n) is 76.8. The van der Waals surface area contributed by atoms with Crippen molar-refractivity contribution >= 4 is 69.2 Å². The van der Waals surface area contributed by atoms with Crippen molar-refractivity contribution in [1.82, 2.24) is 0 Å². The fourth-order valence-electron chi connectivity index (χ4n) is 25.5. The summed E-state index contributed by atoms with van der Waals surface area (Å²) >= 11 is 0. The Hall–Kier alpha value is -16.5. The molecule has 0 saturated heterocycles. The highest BCUT2D eigenvalue weighted by molar-refractivity contribution is 7.86. The summed E-state index contributed by atoms with van der Waals surface area (Å²) in [4.78, 5) is 0. The maximum Gasteiger partial charge on any atom is 0.171 e. The molecule has 6 heteroatoms. The van der Waals surface area contributed by atoms with Crippen LogP contribution >= 0.6 is 21.4 Å². The molecule has 0 unspecified atom stereocenters. The molecule has 141 heavy (non-hydrogen) atoms. The van der Waals surface area contributed by atoms with Gasteiger partial charge in [-0.15, -0.1) is 0 Å². The van der Waals surface area contributed by atoms with Gasteiger partial charge in [0, 0.05) is 47.7 Å². The number of benzene rings is 22. The lowest BCUT2D eigenvalue weighted by Crippen LogP contribution is -2.32. The zero-order valence-corrected chi connectivity index (χ0v) is 79.5. The first-order valence-corrected chi connectivity index (χ1v) is 53.8. The van der Waals surface area contributed by atoms with Crippen molar-refractivity contribution in [3.8, 4) is 134 Å². The lowest BCUT2D eigenvalue weighted by Gasteiger charge is -2.37. The van der Waals surface area contributed by atoms with E-state index >= 15 is 13.7 Å². The van der Waals surface area contributed by atoms with Gasteiger partial charge in [-0.2, -0.15) is 0 Å². The van der Waals surface area contributed by atoms with Crippen LogP contribution in [0.25, 0.3) is 134 Å². The van der Waals surface area contributed by atoms with Crippen molar-refractivity contribution in [2.75, 3.05) is 0 Å². The molecule has 0 amide bonds. The molecule has 0 N–H and O–H groups in total. The van der Waals surface area contributed by atoms with Crippen molar-refractivity contribution in [2.45, 2.75) is 16.2 Å². The van der Waals surface area contributed by atoms with Crippen LogP contribution in [-0.4, -0.2) is 0 Å². The summed E-state index contributed by atoms with van der Waals surface area (Å²) in [5.74, 6) is 0. The molecule has 22 aromatic rings. The van der Waals surface area contributed by atoms with Crippen molar-refractivity contribution in [2.24, 2.45) is 0 Å². The highest BCUT2D eigenvalue weighted by Crippen LogP contribution is 2.78. The molecule has 3 spiro atoms. The van der Waals surface area contributed by atoms with Crippen LogP contribution in [0.5, 0.6) is 0 Å². The van der Waals surface area contributed by atoms with E-state index in [-0.39, 0.29) is 0 Å². The van der Waals surface area contributed by atoms with Gasteiger partial charge in [-0.1, -0.05) is 510 Å². The SMILES string of the molecule is O=P(c1ccc(-c2ccccc2)cc1)(c1ccc(-c2ccccc2)cc1)c1ccc2c(c1)C1(c3ccccc3-c3ccccc31)c1c-2c2c(c3c1-c1ccc(P(=O)(c4ccc(-c5ccccc5)cc4)c4ccc(-c5ccccc5)cc4)cc1C31c3ccccc3-c3ccccc31)-c1ccc(P(=O)(c3ccc(-c4ccccc4)cc3)c3ccc(-c4ccccc4)cc3)cc1C21c2ccccc2-c2ccccc21. The van der Waals surface area contributed by atoms with E-state index in [0.29, 0.717) is 15.9 Å². The topological polar surface area (TPSA) is 51.2 Å². The predicted molar refractivity (Wildman–Crippen MR) is 586 cm³/mol. The number of hydrogen-bond donors (Lipinski definition) is 0. The molecule has 3 nitrogen and oxygen atoms in total. The maximum atomic E-state index is 18.8. The molecule has 0 fully saturated rings. The van der Waals surface area contributed by atoms with Crippen LogP contribution in [0.2, 0.25) is 0 Å². The van der Waals surface area contributed by atoms with Crippen LogP contribution in [0.3, 0.4) is 0 Å². The standard InChI is InChI=1S/C135H87O3P3/c136-139(100-67-55-94(56-68-100)88-31-7-1-8-32-88,101-69-57-95(58-70-101)89-33-9-2-10-34-89)106-79-82-115-124(85-106)133(118-49-25-19-43-109(118)110-44-20-26-50-119(110)133)130-127(115)131-129(117-84-81-108(87-126(117)134(131)120-51-27-21-45-111(120)112-46-22-28-52-121(112)134)141(138,104-75-63-98(64-76-104)92-39-15-5-16-40-92)105-77-65-99(66-78-105)93-41-17-6-18-42-93)132-128(130)116-83-80-107(86-125(116)135(132)122-53-29-23-47-113(122)114-48-24-30-54-123(114)135)140(137,102-71-59-96(60-72-102)90-35-11-3-12-36-90)103-73-61-97(62-74-103)91-37-13-4-14-38-91/h1-87H. The Labute approximate surface area is 821 Å². The molecule has 28 rings (SSSR count). The van der Waals surface area contributed by atoms with Crippen LogP contribution in [0.15, 0.2) is 528 Å². The van der Waals surface area contributed by atoms with Gasteiger partial charge in [0.15, 0.2) is 21.4 Å². The molecule has 22 aromatic carbocycles. The molecule has 660 valence electrons. The summed E-state index contributed by atoms with van der Waals surface area (Å²) in [6.45, 7) is 0. The van der Waals surface area contributed by atoms with Gasteiger partial charge < -0.3 is 13.7 Å². The Bertz CT molecular complexity index is 7800. The van der Waals surface area contributed by atoms with Gasteiger partial charge in [0.05, 0.1) is 16.2 Å². The average Bonchev–Trinajstić information content (AvgIpc) is 1.45. The molecule has 0 aromatic heterocycles. The normalized spacial score (nSPS) is 13.8. The Morgan fingerprint density at radius 3 is 0.433 bits per heavy atom. The van der Waals surface area contributed by atoms with Gasteiger partial charge in [-0.25, -0.2) is 0 Å². The third-order valence-electron chi connectivity index (χ3n) is 31.6. The van der Waals surface area contributed by atoms with Crippen LogP contribution in [0, 0.1) is 0 Å². The van der Waals surface area contributed by atoms with Gasteiger partial charge in [0.25, 0.3) is 0 Å². The van der Waals surface area contributed by atoms with E-state index in [1.165, 1.54) is 0 Å². The number of hydrogen-bond acceptors (Lipinski definition) is 3. The van der Waals surface area contributed by atoms with Crippen molar-refractivity contribution in [3.63, 3.8) is 0 Å². The van der Waals surface area contributed by atoms with E-state index in [2.05, 4.69) is 491 Å². The highest BCUT2D eigenvalue weighted by atomic mass is 31.2. The molecule has 6 aliphatic carbocycles. The Morgan fingerprint density at radius 1 is 0.121 bits per heavy atom. The van der Waals surface area contributed by atoms with Gasteiger partial charge >= 0.3 is 0 Å². The minimum Gasteiger partial charge on any atom is -0.309 e. The van der Waals surface area contributed by atoms with E-state index in [9.17, 15) is 0 Å². The van der Waals surface area contributed by atoms with E-state index < -0.39 is 37.7 Å². The van der Waals surface area contributed by atoms with Crippen molar-refractivity contribution in [1.29, 1.82) is 0 Å². The molecule has 0 aliphatic heterocycles. The third kappa shape index (κ3) is 11.7. The fourth-order valence-corrected chi connectivity index (χ4v) is 33.4. The summed E-state index contributed by atoms with van der Waals surface area (Å²) < 4.78 is 56.3. The zero-order chi connectivity index (χ0) is 93.5. The van der Waals surface area contributed by atoms with Gasteiger partial charge in [0.1, 0.15) is 0 Å². The first-order chi connectivity index (χ1) is 69.6. The molecule has 6 aliphatic rings. The fraction of sp³-hybridized carbons (Fsp3) is 0.0222. The van der Waals surface area contributed by atoms with E-state index in [0.717, 1.165) is 232 Å². The number of fused-ring (bicyclic) bond motifs is 33. The van der Waals surface area contributed by atoms with Crippen LogP contribution < -0.4 is 47.7 Å². The Balaban J connectivity index is 0.798. The Kier molecular flexibility index (Phi) is 18.7. The molecule has 0 saturated carbocycles. The summed E-state index contributed by atoms with van der Waals surface area (Å²) in [7, 11) is -11.9. The quantitative estimate of drug-likeness (QED) is 0.0961. The monoisotopic (exact) mass is 1850 g/mol. The molecular formula is C135H87O3P3. The van der Waals surface area contributed by atoms with E-state index in [1.54, 1.807) is 0 Å². The Morgan fingerprint density at radius 2 is 0.262 bits per heavy atom. The summed E-state index contributed by atoms with van der Waals surface area (Å²) in [5.41, 5.74) is 35.1. The predicted octanol–water partition coefficient (Wildman–Crippen LogP) is 29.6. The average molecular weight is 1850 g/mol. The highest BCUT2D eigenvalue weighted by Gasteiger charge is 2.65. The van der Waals surface area contributed by atoms with Crippen LogP contribution in [-0.2, 0) is 29.9 Å². The summed E-state index contributed by atoms with van der Waals surface area (Å²) in [5, 5.41) is 6.43. The smallest absolute Gasteiger partial charge is 0.171 e. The van der Waals surface area contributed by atoms with Crippen molar-refractivity contribution < 1.29 is 13.7 Å². The molecule has 0 heterocycles. The number of rotatable bonds is 15. The van der Waals surface area contributed by atoms with Gasteiger partial charge in [0.2, 0.25) is 0 Å². The summed E-state index contributed by atoms with van der Waals surface area (Å²) in [6.07, 6.45) is 0. The maximum absolute atomic E-state index is 18.8. The lowest BCUT2D eigenvalue weighted by molar-refractivity contribution is 0.591. The third-order valence-corrected chi connectivity index (χ3v) is 40.8. The first kappa shape index (κ1) is 82.8. The minimum atomic E-state index is -3.97. The molecular weight excluding hydrogens is 1760 g/mol. The minimum absolute atomic E-state index is 0.705. The second-order valence-corrected chi connectivity index (χ2v) is 46.6.